The molecule has 0 bridgehead atoms. The minimum absolute atomic E-state index is 0.0294. The molecule has 2 aromatic carbocycles. The summed E-state index contributed by atoms with van der Waals surface area (Å²) in [4.78, 5) is 57.7. The number of alkyl carbamates (subject to hydrolysis) is 1. The summed E-state index contributed by atoms with van der Waals surface area (Å²) in [7, 11) is 0. The summed E-state index contributed by atoms with van der Waals surface area (Å²) in [6.07, 6.45) is 0.126. The molecule has 0 unspecified atom stereocenters. The van der Waals surface area contributed by atoms with E-state index in [1.54, 1.807) is 49.8 Å². The van der Waals surface area contributed by atoms with Gasteiger partial charge in [-0.2, -0.15) is 0 Å². The maximum atomic E-state index is 15.0. The highest BCUT2D eigenvalue weighted by atomic mass is 32.1. The summed E-state index contributed by atoms with van der Waals surface area (Å²) in [5.41, 5.74) is 15.4. The lowest BCUT2D eigenvalue weighted by Crippen LogP contribution is -2.57. The number of halogens is 1. The van der Waals surface area contributed by atoms with Gasteiger partial charge in [-0.15, -0.1) is 11.3 Å². The van der Waals surface area contributed by atoms with E-state index in [1.165, 1.54) is 11.0 Å². The van der Waals surface area contributed by atoms with Crippen LogP contribution in [0.1, 0.15) is 69.7 Å². The number of rotatable bonds is 17. The predicted molar refractivity (Wildman–Crippen MR) is 199 cm³/mol. The number of aromatic nitrogens is 1. The quantitative estimate of drug-likeness (QED) is 0.127. The normalized spacial score (nSPS) is 16.8. The van der Waals surface area contributed by atoms with Gasteiger partial charge in [0.15, 0.2) is 11.6 Å². The first kappa shape index (κ1) is 41.2. The molecule has 1 fully saturated rings. The van der Waals surface area contributed by atoms with Crippen molar-refractivity contribution in [3.63, 3.8) is 0 Å². The molecule has 4 rings (SSSR count). The van der Waals surface area contributed by atoms with E-state index >= 15 is 4.39 Å². The van der Waals surface area contributed by atoms with Gasteiger partial charge in [0.1, 0.15) is 18.7 Å². The van der Waals surface area contributed by atoms with Crippen molar-refractivity contribution in [1.29, 1.82) is 0 Å². The Morgan fingerprint density at radius 2 is 1.87 bits per heavy atom. The number of thiazole rings is 1. The van der Waals surface area contributed by atoms with Crippen molar-refractivity contribution in [2.45, 2.75) is 97.0 Å². The topological polar surface area (TPSA) is 199 Å². The number of aliphatic hydroxyl groups excluding tert-OH is 1. The number of aryl methyl sites for hydroxylation is 2. The fourth-order valence-corrected chi connectivity index (χ4v) is 6.80. The molecular formula is C38H51FN6O7S. The van der Waals surface area contributed by atoms with Gasteiger partial charge in [0.05, 0.1) is 28.8 Å². The number of likely N-dealkylation sites (tertiary alicyclic amines) is 1. The van der Waals surface area contributed by atoms with Crippen LogP contribution >= 0.6 is 11.3 Å². The molecule has 1 aliphatic heterocycles. The van der Waals surface area contributed by atoms with Crippen LogP contribution in [0.4, 0.5) is 9.18 Å². The lowest BCUT2D eigenvalue weighted by atomic mass is 9.85. The lowest BCUT2D eigenvalue weighted by molar-refractivity contribution is -0.142. The molecule has 4 atom stereocenters. The van der Waals surface area contributed by atoms with Crippen molar-refractivity contribution < 1.29 is 38.1 Å². The number of hydrogen-bond acceptors (Lipinski definition) is 10. The zero-order valence-corrected chi connectivity index (χ0v) is 31.5. The Hall–Kier alpha value is -4.60. The van der Waals surface area contributed by atoms with Crippen LogP contribution in [0, 0.1) is 18.2 Å². The van der Waals surface area contributed by atoms with Gasteiger partial charge in [-0.05, 0) is 60.8 Å². The number of carbonyl (C=O) groups is 4. The van der Waals surface area contributed by atoms with Gasteiger partial charge < -0.3 is 41.6 Å². The monoisotopic (exact) mass is 754 g/mol. The van der Waals surface area contributed by atoms with Crippen LogP contribution in [0.15, 0.2) is 48.0 Å². The summed E-state index contributed by atoms with van der Waals surface area (Å²) in [6.45, 7) is 7.57. The van der Waals surface area contributed by atoms with Gasteiger partial charge in [-0.25, -0.2) is 14.2 Å². The molecule has 1 saturated heterocycles. The molecule has 0 aliphatic carbocycles. The SMILES string of the molecule is Cc1ncsc1-c1ccc(CNC(=O)[C@@H]2C[C@@H](O)CN2C(=O)[C@@H](NC(=O)OCCCCc2cccc(OC[C@@H](N)CCC(N)=O)c2F)C(C)(C)C)cc1. The largest absolute Gasteiger partial charge is 0.489 e. The predicted octanol–water partition coefficient (Wildman–Crippen LogP) is 3.97. The molecule has 288 valence electrons. The molecule has 2 heterocycles. The van der Waals surface area contributed by atoms with Crippen LogP contribution in [-0.2, 0) is 32.1 Å². The molecule has 13 nitrogen and oxygen atoms in total. The summed E-state index contributed by atoms with van der Waals surface area (Å²) >= 11 is 1.56. The molecule has 15 heteroatoms. The number of carbonyl (C=O) groups excluding carboxylic acids is 4. The van der Waals surface area contributed by atoms with Gasteiger partial charge in [0.2, 0.25) is 17.7 Å². The van der Waals surface area contributed by atoms with Crippen LogP contribution in [0.3, 0.4) is 0 Å². The van der Waals surface area contributed by atoms with Crippen LogP contribution in [-0.4, -0.2) is 82.8 Å². The zero-order chi connectivity index (χ0) is 38.7. The van der Waals surface area contributed by atoms with Crippen LogP contribution in [0.25, 0.3) is 10.4 Å². The fourth-order valence-electron chi connectivity index (χ4n) is 5.99. The maximum absolute atomic E-state index is 15.0. The molecule has 0 radical (unpaired) electrons. The molecule has 7 N–H and O–H groups in total. The summed E-state index contributed by atoms with van der Waals surface area (Å²) < 4.78 is 25.9. The number of nitrogens with zero attached hydrogens (tertiary/aromatic N) is 2. The van der Waals surface area contributed by atoms with Crippen molar-refractivity contribution in [3.05, 3.63) is 70.6 Å². The number of ether oxygens (including phenoxy) is 2. The Labute approximate surface area is 313 Å². The van der Waals surface area contributed by atoms with E-state index in [0.717, 1.165) is 21.7 Å². The number of aliphatic hydroxyl groups is 1. The Morgan fingerprint density at radius 3 is 2.53 bits per heavy atom. The van der Waals surface area contributed by atoms with Crippen LogP contribution in [0.5, 0.6) is 5.75 Å². The molecule has 1 aromatic heterocycles. The Morgan fingerprint density at radius 1 is 1.13 bits per heavy atom. The minimum atomic E-state index is -1.04. The number of hydrogen-bond donors (Lipinski definition) is 5. The summed E-state index contributed by atoms with van der Waals surface area (Å²) in [5, 5.41) is 16.0. The first-order chi connectivity index (χ1) is 25.1. The van der Waals surface area contributed by atoms with Crippen molar-refractivity contribution in [2.24, 2.45) is 16.9 Å². The molecule has 1 aliphatic rings. The van der Waals surface area contributed by atoms with Crippen molar-refractivity contribution in [1.82, 2.24) is 20.5 Å². The third-order valence-electron chi connectivity index (χ3n) is 9.00. The molecule has 0 spiro atoms. The van der Waals surface area contributed by atoms with Gasteiger partial charge in [0.25, 0.3) is 0 Å². The van der Waals surface area contributed by atoms with Crippen molar-refractivity contribution >= 4 is 35.2 Å². The Kier molecular flexibility index (Phi) is 14.7. The first-order valence-electron chi connectivity index (χ1n) is 17.8. The molecule has 53 heavy (non-hydrogen) atoms. The number of nitrogens with one attached hydrogen (secondary N) is 2. The standard InChI is InChI=1S/C38H51FN6O7S/c1-23-33(53-22-43-23)26-13-11-24(12-14-26)19-42-35(48)29-18-28(46)20-45(29)36(49)34(38(2,3)4)44-37(50)51-17-6-5-8-25-9-7-10-30(32(25)39)52-21-27(40)15-16-31(41)47/h7,9-14,22,27-29,34,46H,5-6,8,15-21,40H2,1-4H3,(H2,41,47)(H,42,48)(H,44,50)/t27-,28+,29-,34+/m0/s1. The maximum Gasteiger partial charge on any atom is 0.407 e. The van der Waals surface area contributed by atoms with Crippen LogP contribution in [0.2, 0.25) is 0 Å². The number of unbranched alkanes of at least 4 members (excludes halogenated alkanes) is 1. The third-order valence-corrected chi connectivity index (χ3v) is 9.98. The molecular weight excluding hydrogens is 704 g/mol. The number of benzene rings is 2. The van der Waals surface area contributed by atoms with E-state index in [0.29, 0.717) is 31.2 Å². The zero-order valence-electron chi connectivity index (χ0n) is 30.7. The van der Waals surface area contributed by atoms with Crippen molar-refractivity contribution in [2.75, 3.05) is 19.8 Å². The van der Waals surface area contributed by atoms with E-state index in [-0.39, 0.29) is 44.9 Å². The Bertz CT molecular complexity index is 1710. The van der Waals surface area contributed by atoms with Gasteiger partial charge >= 0.3 is 6.09 Å². The van der Waals surface area contributed by atoms with Crippen LogP contribution < -0.4 is 26.8 Å². The summed E-state index contributed by atoms with van der Waals surface area (Å²) in [5.74, 6) is -1.81. The highest BCUT2D eigenvalue weighted by Crippen LogP contribution is 2.29. The summed E-state index contributed by atoms with van der Waals surface area (Å²) in [6, 6.07) is 10.2. The van der Waals surface area contributed by atoms with E-state index in [1.807, 2.05) is 31.2 Å². The first-order valence-corrected chi connectivity index (χ1v) is 18.6. The average Bonchev–Trinajstić information content (AvgIpc) is 3.73. The number of β-amino-alcohol motifs (C(OH)–C–C–N with tert-alkyl or cyclic N) is 1. The minimum Gasteiger partial charge on any atom is -0.489 e. The second kappa shape index (κ2) is 18.9. The smallest absolute Gasteiger partial charge is 0.407 e. The molecule has 3 aromatic rings. The van der Waals surface area contributed by atoms with E-state index in [2.05, 4.69) is 15.6 Å². The van der Waals surface area contributed by atoms with E-state index < -0.39 is 59.3 Å². The number of primary amides is 1. The number of amides is 4. The van der Waals surface area contributed by atoms with E-state index in [4.69, 9.17) is 20.9 Å². The number of nitrogens with two attached hydrogens (primary N) is 2. The molecule has 0 saturated carbocycles. The second-order valence-corrected chi connectivity index (χ2v) is 15.3. The van der Waals surface area contributed by atoms with Crippen molar-refractivity contribution in [3.8, 4) is 16.2 Å². The lowest BCUT2D eigenvalue weighted by Gasteiger charge is -2.35. The highest BCUT2D eigenvalue weighted by molar-refractivity contribution is 7.13. The molecule has 4 amide bonds. The average molecular weight is 755 g/mol. The fraction of sp³-hybridized carbons (Fsp3) is 0.500. The third kappa shape index (κ3) is 12.0. The van der Waals surface area contributed by atoms with Gasteiger partial charge in [-0.3, -0.25) is 14.4 Å². The van der Waals surface area contributed by atoms with Gasteiger partial charge in [0, 0.05) is 32.0 Å². The Balaban J connectivity index is 1.25. The van der Waals surface area contributed by atoms with Gasteiger partial charge in [-0.1, -0.05) is 57.2 Å². The second-order valence-electron chi connectivity index (χ2n) is 14.4. The highest BCUT2D eigenvalue weighted by Gasteiger charge is 2.44. The van der Waals surface area contributed by atoms with E-state index in [9.17, 15) is 24.3 Å².